The molecule has 0 bridgehead atoms. The van der Waals surface area contributed by atoms with Gasteiger partial charge in [0.25, 0.3) is 0 Å². The van der Waals surface area contributed by atoms with E-state index < -0.39 is 15.8 Å². The average Bonchev–Trinajstić information content (AvgIpc) is 2.86. The summed E-state index contributed by atoms with van der Waals surface area (Å²) in [6.45, 7) is 6.41. The van der Waals surface area contributed by atoms with Crippen molar-refractivity contribution in [2.75, 3.05) is 19.6 Å². The minimum Gasteiger partial charge on any atom is -0.313 e. The standard InChI is InChI=1S/C15H23FN2O2S/c1-3-7-17-10-13-4-5-15(14(16)9-13)21(19,20)18-8-6-12(2)11-18/h4-5,9,12,17H,3,6-8,10-11H2,1-2H3. The number of hydrogen-bond acceptors (Lipinski definition) is 3. The summed E-state index contributed by atoms with van der Waals surface area (Å²) in [4.78, 5) is -0.212. The fourth-order valence-corrected chi connectivity index (χ4v) is 4.15. The van der Waals surface area contributed by atoms with E-state index in [1.54, 1.807) is 6.07 Å². The maximum atomic E-state index is 14.2. The zero-order chi connectivity index (χ0) is 15.5. The second-order valence-electron chi connectivity index (χ2n) is 5.70. The normalized spacial score (nSPS) is 20.0. The summed E-state index contributed by atoms with van der Waals surface area (Å²) < 4.78 is 40.4. The Balaban J connectivity index is 2.16. The van der Waals surface area contributed by atoms with Crippen molar-refractivity contribution in [3.05, 3.63) is 29.6 Å². The zero-order valence-corrected chi connectivity index (χ0v) is 13.4. The maximum absolute atomic E-state index is 14.2. The molecular formula is C15H23FN2O2S. The van der Waals surface area contributed by atoms with Gasteiger partial charge in [0, 0.05) is 19.6 Å². The Hall–Kier alpha value is -0.980. The van der Waals surface area contributed by atoms with Crippen LogP contribution in [-0.4, -0.2) is 32.4 Å². The molecule has 6 heteroatoms. The van der Waals surface area contributed by atoms with Gasteiger partial charge in [-0.2, -0.15) is 4.31 Å². The summed E-state index contributed by atoms with van der Waals surface area (Å²) in [5, 5.41) is 3.17. The minimum atomic E-state index is -3.71. The number of benzene rings is 1. The van der Waals surface area contributed by atoms with Gasteiger partial charge >= 0.3 is 0 Å². The lowest BCUT2D eigenvalue weighted by Crippen LogP contribution is -2.29. The lowest BCUT2D eigenvalue weighted by molar-refractivity contribution is 0.458. The van der Waals surface area contributed by atoms with Crippen LogP contribution in [0.1, 0.15) is 32.3 Å². The minimum absolute atomic E-state index is 0.212. The molecule has 1 heterocycles. The topological polar surface area (TPSA) is 49.4 Å². The third-order valence-corrected chi connectivity index (χ3v) is 5.66. The van der Waals surface area contributed by atoms with Crippen LogP contribution in [0.25, 0.3) is 0 Å². The van der Waals surface area contributed by atoms with Crippen molar-refractivity contribution in [1.82, 2.24) is 9.62 Å². The highest BCUT2D eigenvalue weighted by atomic mass is 32.2. The lowest BCUT2D eigenvalue weighted by atomic mass is 10.2. The van der Waals surface area contributed by atoms with E-state index in [1.807, 2.05) is 6.92 Å². The molecule has 1 atom stereocenters. The average molecular weight is 314 g/mol. The number of rotatable bonds is 6. The van der Waals surface area contributed by atoms with Gasteiger partial charge in [0.2, 0.25) is 10.0 Å². The first-order valence-electron chi connectivity index (χ1n) is 7.44. The van der Waals surface area contributed by atoms with Crippen molar-refractivity contribution in [3.63, 3.8) is 0 Å². The van der Waals surface area contributed by atoms with E-state index in [9.17, 15) is 12.8 Å². The second kappa shape index (κ2) is 6.85. The smallest absolute Gasteiger partial charge is 0.245 e. The van der Waals surface area contributed by atoms with Crippen LogP contribution in [0.5, 0.6) is 0 Å². The van der Waals surface area contributed by atoms with E-state index >= 15 is 0 Å². The summed E-state index contributed by atoms with van der Waals surface area (Å²) >= 11 is 0. The molecule has 1 aliphatic heterocycles. The van der Waals surface area contributed by atoms with Crippen LogP contribution in [0.3, 0.4) is 0 Å². The van der Waals surface area contributed by atoms with Crippen LogP contribution in [0.4, 0.5) is 4.39 Å². The van der Waals surface area contributed by atoms with Gasteiger partial charge in [0.1, 0.15) is 10.7 Å². The third-order valence-electron chi connectivity index (χ3n) is 3.76. The molecule has 1 unspecified atom stereocenters. The molecule has 0 saturated carbocycles. The van der Waals surface area contributed by atoms with Crippen molar-refractivity contribution >= 4 is 10.0 Å². The number of nitrogens with zero attached hydrogens (tertiary/aromatic N) is 1. The molecule has 21 heavy (non-hydrogen) atoms. The molecule has 1 N–H and O–H groups in total. The molecule has 2 rings (SSSR count). The molecule has 1 fully saturated rings. The van der Waals surface area contributed by atoms with E-state index in [0.29, 0.717) is 25.6 Å². The summed E-state index contributed by atoms with van der Waals surface area (Å²) in [5.74, 6) is -0.328. The van der Waals surface area contributed by atoms with Gasteiger partial charge in [0.15, 0.2) is 0 Å². The molecule has 4 nitrogen and oxygen atoms in total. The Labute approximate surface area is 126 Å². The Morgan fingerprint density at radius 3 is 2.76 bits per heavy atom. The van der Waals surface area contributed by atoms with Crippen molar-refractivity contribution in [2.45, 2.75) is 38.1 Å². The van der Waals surface area contributed by atoms with Crippen LogP contribution < -0.4 is 5.32 Å². The summed E-state index contributed by atoms with van der Waals surface area (Å²) in [7, 11) is -3.71. The SMILES string of the molecule is CCCNCc1ccc(S(=O)(=O)N2CCC(C)C2)c(F)c1. The van der Waals surface area contributed by atoms with E-state index in [4.69, 9.17) is 0 Å². The van der Waals surface area contributed by atoms with Gasteiger partial charge in [-0.15, -0.1) is 0 Å². The molecule has 1 aromatic rings. The number of nitrogens with one attached hydrogen (secondary N) is 1. The molecule has 118 valence electrons. The first-order chi connectivity index (χ1) is 9.95. The number of sulfonamides is 1. The number of hydrogen-bond donors (Lipinski definition) is 1. The molecule has 1 aliphatic rings. The highest BCUT2D eigenvalue weighted by molar-refractivity contribution is 7.89. The second-order valence-corrected chi connectivity index (χ2v) is 7.60. The first-order valence-corrected chi connectivity index (χ1v) is 8.88. The molecular weight excluding hydrogens is 291 g/mol. The number of halogens is 1. The Bertz CT molecular complexity index is 589. The molecule has 1 saturated heterocycles. The van der Waals surface area contributed by atoms with Crippen LogP contribution in [0, 0.1) is 11.7 Å². The van der Waals surface area contributed by atoms with Gasteiger partial charge in [-0.25, -0.2) is 12.8 Å². The van der Waals surface area contributed by atoms with Crippen LogP contribution in [0.15, 0.2) is 23.1 Å². The maximum Gasteiger partial charge on any atom is 0.245 e. The molecule has 0 radical (unpaired) electrons. The molecule has 1 aromatic carbocycles. The van der Waals surface area contributed by atoms with Crippen molar-refractivity contribution in [3.8, 4) is 0 Å². The Morgan fingerprint density at radius 1 is 1.43 bits per heavy atom. The third kappa shape index (κ3) is 3.81. The van der Waals surface area contributed by atoms with E-state index in [-0.39, 0.29) is 4.90 Å². The molecule has 0 spiro atoms. The predicted octanol–water partition coefficient (Wildman–Crippen LogP) is 2.36. The van der Waals surface area contributed by atoms with Crippen molar-refractivity contribution < 1.29 is 12.8 Å². The molecule has 0 aliphatic carbocycles. The summed E-state index contributed by atoms with van der Waals surface area (Å²) in [6.07, 6.45) is 1.84. The fourth-order valence-electron chi connectivity index (χ4n) is 2.52. The summed E-state index contributed by atoms with van der Waals surface area (Å²) in [6, 6.07) is 4.38. The van der Waals surface area contributed by atoms with Crippen LogP contribution in [0.2, 0.25) is 0 Å². The van der Waals surface area contributed by atoms with Gasteiger partial charge in [-0.3, -0.25) is 0 Å². The van der Waals surface area contributed by atoms with E-state index in [0.717, 1.165) is 24.9 Å². The molecule has 0 amide bonds. The zero-order valence-electron chi connectivity index (χ0n) is 12.6. The largest absolute Gasteiger partial charge is 0.313 e. The Morgan fingerprint density at radius 2 is 2.19 bits per heavy atom. The van der Waals surface area contributed by atoms with Gasteiger partial charge < -0.3 is 5.32 Å². The van der Waals surface area contributed by atoms with Crippen LogP contribution >= 0.6 is 0 Å². The Kier molecular flexibility index (Phi) is 5.35. The van der Waals surface area contributed by atoms with Gasteiger partial charge in [0.05, 0.1) is 0 Å². The molecule has 0 aromatic heterocycles. The fraction of sp³-hybridized carbons (Fsp3) is 0.600. The lowest BCUT2D eigenvalue weighted by Gasteiger charge is -2.17. The summed E-state index contributed by atoms with van der Waals surface area (Å²) in [5.41, 5.74) is 0.759. The highest BCUT2D eigenvalue weighted by Crippen LogP contribution is 2.26. The highest BCUT2D eigenvalue weighted by Gasteiger charge is 2.32. The van der Waals surface area contributed by atoms with Crippen LogP contribution in [-0.2, 0) is 16.6 Å². The monoisotopic (exact) mass is 314 g/mol. The quantitative estimate of drug-likeness (QED) is 0.820. The van der Waals surface area contributed by atoms with Crippen molar-refractivity contribution in [2.24, 2.45) is 5.92 Å². The first kappa shape index (κ1) is 16.4. The van der Waals surface area contributed by atoms with Crippen molar-refractivity contribution in [1.29, 1.82) is 0 Å². The van der Waals surface area contributed by atoms with E-state index in [2.05, 4.69) is 12.2 Å². The predicted molar refractivity (Wildman–Crippen MR) is 80.9 cm³/mol. The van der Waals surface area contributed by atoms with Gasteiger partial charge in [-0.1, -0.05) is 19.9 Å². The van der Waals surface area contributed by atoms with Gasteiger partial charge in [-0.05, 0) is 43.0 Å². The van der Waals surface area contributed by atoms with E-state index in [1.165, 1.54) is 16.4 Å².